The standard InChI is InChI=1S/C13H14BrN3O/c1-8-12(9(2)17(3)16-8)13(18)15-11-6-4-5-10(14)7-11/h4-7H,1-3H3,(H,15,18). The van der Waals surface area contributed by atoms with Crippen LogP contribution in [0.1, 0.15) is 21.7 Å². The molecule has 1 aromatic carbocycles. The number of aromatic nitrogens is 2. The van der Waals surface area contributed by atoms with Gasteiger partial charge in [-0.3, -0.25) is 9.48 Å². The molecular formula is C13H14BrN3O. The van der Waals surface area contributed by atoms with E-state index in [9.17, 15) is 4.79 Å². The number of carbonyl (C=O) groups is 1. The first kappa shape index (κ1) is 12.8. The highest BCUT2D eigenvalue weighted by molar-refractivity contribution is 9.10. The molecule has 0 fully saturated rings. The molecule has 0 saturated heterocycles. The zero-order valence-corrected chi connectivity index (χ0v) is 12.1. The third-order valence-corrected chi connectivity index (χ3v) is 3.31. The maximum atomic E-state index is 12.2. The zero-order chi connectivity index (χ0) is 13.3. The smallest absolute Gasteiger partial charge is 0.259 e. The van der Waals surface area contributed by atoms with Gasteiger partial charge >= 0.3 is 0 Å². The lowest BCUT2D eigenvalue weighted by atomic mass is 10.2. The van der Waals surface area contributed by atoms with Gasteiger partial charge in [0.05, 0.1) is 11.3 Å². The number of amides is 1. The van der Waals surface area contributed by atoms with Gasteiger partial charge in [0.25, 0.3) is 5.91 Å². The Bertz CT molecular complexity index is 604. The van der Waals surface area contributed by atoms with Gasteiger partial charge in [0.15, 0.2) is 0 Å². The molecule has 0 spiro atoms. The molecule has 0 atom stereocenters. The zero-order valence-electron chi connectivity index (χ0n) is 10.5. The molecule has 1 aromatic heterocycles. The summed E-state index contributed by atoms with van der Waals surface area (Å²) in [6.07, 6.45) is 0. The average molecular weight is 308 g/mol. The maximum absolute atomic E-state index is 12.2. The second-order valence-electron chi connectivity index (χ2n) is 4.13. The van der Waals surface area contributed by atoms with Crippen molar-refractivity contribution in [1.82, 2.24) is 9.78 Å². The molecule has 0 aliphatic carbocycles. The number of nitrogens with zero attached hydrogens (tertiary/aromatic N) is 2. The molecule has 2 aromatic rings. The Balaban J connectivity index is 2.27. The van der Waals surface area contributed by atoms with E-state index in [1.807, 2.05) is 45.2 Å². The first-order valence-corrected chi connectivity index (χ1v) is 6.35. The predicted octanol–water partition coefficient (Wildman–Crippen LogP) is 3.05. The van der Waals surface area contributed by atoms with Gasteiger partial charge in [0, 0.05) is 22.9 Å². The van der Waals surface area contributed by atoms with E-state index in [1.54, 1.807) is 4.68 Å². The van der Waals surface area contributed by atoms with Crippen LogP contribution in [0.2, 0.25) is 0 Å². The normalized spacial score (nSPS) is 10.4. The number of aryl methyl sites for hydroxylation is 2. The van der Waals surface area contributed by atoms with Gasteiger partial charge in [0.1, 0.15) is 0 Å². The van der Waals surface area contributed by atoms with Gasteiger partial charge in [-0.1, -0.05) is 22.0 Å². The number of rotatable bonds is 2. The summed E-state index contributed by atoms with van der Waals surface area (Å²) in [7, 11) is 1.83. The molecule has 1 N–H and O–H groups in total. The molecule has 0 unspecified atom stereocenters. The fourth-order valence-corrected chi connectivity index (χ4v) is 2.26. The van der Waals surface area contributed by atoms with E-state index in [0.717, 1.165) is 21.5 Å². The molecule has 94 valence electrons. The van der Waals surface area contributed by atoms with Crippen LogP contribution in [0.4, 0.5) is 5.69 Å². The van der Waals surface area contributed by atoms with E-state index in [2.05, 4.69) is 26.3 Å². The molecule has 0 bridgehead atoms. The minimum absolute atomic E-state index is 0.129. The van der Waals surface area contributed by atoms with Crippen LogP contribution in [0.25, 0.3) is 0 Å². The Labute approximate surface area is 114 Å². The van der Waals surface area contributed by atoms with Crippen molar-refractivity contribution in [2.45, 2.75) is 13.8 Å². The average Bonchev–Trinajstić information content (AvgIpc) is 2.53. The molecular weight excluding hydrogens is 294 g/mol. The molecule has 0 saturated carbocycles. The summed E-state index contributed by atoms with van der Waals surface area (Å²) in [4.78, 5) is 12.2. The van der Waals surface area contributed by atoms with E-state index in [4.69, 9.17) is 0 Å². The predicted molar refractivity (Wildman–Crippen MR) is 74.8 cm³/mol. The summed E-state index contributed by atoms with van der Waals surface area (Å²) in [5.41, 5.74) is 3.00. The molecule has 5 heteroatoms. The van der Waals surface area contributed by atoms with Crippen LogP contribution in [0.5, 0.6) is 0 Å². The van der Waals surface area contributed by atoms with Crippen molar-refractivity contribution in [2.24, 2.45) is 7.05 Å². The van der Waals surface area contributed by atoms with Crippen LogP contribution in [0.15, 0.2) is 28.7 Å². The number of nitrogens with one attached hydrogen (secondary N) is 1. The lowest BCUT2D eigenvalue weighted by Crippen LogP contribution is -2.14. The largest absolute Gasteiger partial charge is 0.322 e. The number of halogens is 1. The molecule has 2 rings (SSSR count). The van der Waals surface area contributed by atoms with E-state index < -0.39 is 0 Å². The van der Waals surface area contributed by atoms with Gasteiger partial charge in [-0.25, -0.2) is 0 Å². The SMILES string of the molecule is Cc1nn(C)c(C)c1C(=O)Nc1cccc(Br)c1. The highest BCUT2D eigenvalue weighted by Crippen LogP contribution is 2.18. The summed E-state index contributed by atoms with van der Waals surface area (Å²) in [5.74, 6) is -0.129. The number of carbonyl (C=O) groups excluding carboxylic acids is 1. The molecule has 4 nitrogen and oxygen atoms in total. The van der Waals surface area contributed by atoms with Crippen LogP contribution >= 0.6 is 15.9 Å². The van der Waals surface area contributed by atoms with Crippen LogP contribution in [0, 0.1) is 13.8 Å². The number of hydrogen-bond donors (Lipinski definition) is 1. The van der Waals surface area contributed by atoms with Crippen molar-refractivity contribution >= 4 is 27.5 Å². The van der Waals surface area contributed by atoms with Crippen molar-refractivity contribution in [3.8, 4) is 0 Å². The highest BCUT2D eigenvalue weighted by Gasteiger charge is 2.17. The van der Waals surface area contributed by atoms with Crippen LogP contribution in [-0.2, 0) is 7.05 Å². The first-order chi connectivity index (χ1) is 8.49. The Morgan fingerprint density at radius 3 is 2.67 bits per heavy atom. The molecule has 1 heterocycles. The summed E-state index contributed by atoms with van der Waals surface area (Å²) >= 11 is 3.37. The fraction of sp³-hybridized carbons (Fsp3) is 0.231. The fourth-order valence-electron chi connectivity index (χ4n) is 1.86. The molecule has 0 radical (unpaired) electrons. The van der Waals surface area contributed by atoms with Crippen molar-refractivity contribution < 1.29 is 4.79 Å². The molecule has 18 heavy (non-hydrogen) atoms. The van der Waals surface area contributed by atoms with E-state index in [0.29, 0.717) is 5.56 Å². The van der Waals surface area contributed by atoms with Crippen molar-refractivity contribution in [2.75, 3.05) is 5.32 Å². The van der Waals surface area contributed by atoms with Crippen LogP contribution in [-0.4, -0.2) is 15.7 Å². The second-order valence-corrected chi connectivity index (χ2v) is 5.05. The highest BCUT2D eigenvalue weighted by atomic mass is 79.9. The Hall–Kier alpha value is -1.62. The summed E-state index contributed by atoms with van der Waals surface area (Å²) < 4.78 is 2.64. The van der Waals surface area contributed by atoms with Gasteiger partial charge < -0.3 is 5.32 Å². The van der Waals surface area contributed by atoms with Crippen LogP contribution in [0.3, 0.4) is 0 Å². The lowest BCUT2D eigenvalue weighted by molar-refractivity contribution is 0.102. The van der Waals surface area contributed by atoms with Gasteiger partial charge in [-0.05, 0) is 32.0 Å². The van der Waals surface area contributed by atoms with E-state index in [1.165, 1.54) is 0 Å². The minimum Gasteiger partial charge on any atom is -0.322 e. The number of hydrogen-bond acceptors (Lipinski definition) is 2. The molecule has 0 aliphatic rings. The first-order valence-electron chi connectivity index (χ1n) is 5.56. The number of anilines is 1. The van der Waals surface area contributed by atoms with Crippen molar-refractivity contribution in [3.05, 3.63) is 45.7 Å². The summed E-state index contributed by atoms with van der Waals surface area (Å²) in [6, 6.07) is 7.50. The topological polar surface area (TPSA) is 46.9 Å². The van der Waals surface area contributed by atoms with Gasteiger partial charge in [-0.15, -0.1) is 0 Å². The summed E-state index contributed by atoms with van der Waals surface area (Å²) in [5, 5.41) is 7.11. The second kappa shape index (κ2) is 4.94. The molecule has 0 aliphatic heterocycles. The lowest BCUT2D eigenvalue weighted by Gasteiger charge is -2.06. The summed E-state index contributed by atoms with van der Waals surface area (Å²) in [6.45, 7) is 3.72. The third-order valence-electron chi connectivity index (χ3n) is 2.82. The third kappa shape index (κ3) is 2.46. The van der Waals surface area contributed by atoms with E-state index in [-0.39, 0.29) is 5.91 Å². The van der Waals surface area contributed by atoms with E-state index >= 15 is 0 Å². The van der Waals surface area contributed by atoms with Gasteiger partial charge in [-0.2, -0.15) is 5.10 Å². The quantitative estimate of drug-likeness (QED) is 0.927. The Morgan fingerprint density at radius 2 is 2.11 bits per heavy atom. The Kier molecular flexibility index (Phi) is 3.52. The van der Waals surface area contributed by atoms with Crippen LogP contribution < -0.4 is 5.32 Å². The van der Waals surface area contributed by atoms with Crippen molar-refractivity contribution in [3.63, 3.8) is 0 Å². The monoisotopic (exact) mass is 307 g/mol. The van der Waals surface area contributed by atoms with Crippen molar-refractivity contribution in [1.29, 1.82) is 0 Å². The minimum atomic E-state index is -0.129. The maximum Gasteiger partial charge on any atom is 0.259 e. The molecule has 1 amide bonds. The van der Waals surface area contributed by atoms with Gasteiger partial charge in [0.2, 0.25) is 0 Å². The Morgan fingerprint density at radius 1 is 1.39 bits per heavy atom. The number of benzene rings is 1.